The molecular formula is C17H26ClNO2. The van der Waals surface area contributed by atoms with Gasteiger partial charge in [0.05, 0.1) is 11.6 Å². The molecule has 1 saturated heterocycles. The first-order valence-electron chi connectivity index (χ1n) is 7.92. The maximum absolute atomic E-state index is 6.24. The van der Waals surface area contributed by atoms with Crippen LogP contribution in [-0.4, -0.2) is 32.0 Å². The SMILES string of the molecule is CCCNC(c1cccc(Cl)c1)C1(OCC)CCOCC1. The Kier molecular flexibility index (Phi) is 6.49. The van der Waals surface area contributed by atoms with Gasteiger partial charge >= 0.3 is 0 Å². The summed E-state index contributed by atoms with van der Waals surface area (Å²) >= 11 is 6.19. The molecule has 0 spiro atoms. The van der Waals surface area contributed by atoms with E-state index >= 15 is 0 Å². The molecule has 1 aromatic rings. The maximum Gasteiger partial charge on any atom is 0.0919 e. The van der Waals surface area contributed by atoms with E-state index in [1.165, 1.54) is 5.56 Å². The third kappa shape index (κ3) is 4.19. The van der Waals surface area contributed by atoms with E-state index in [9.17, 15) is 0 Å². The van der Waals surface area contributed by atoms with Crippen LogP contribution >= 0.6 is 11.6 Å². The van der Waals surface area contributed by atoms with Crippen LogP contribution in [0.25, 0.3) is 0 Å². The van der Waals surface area contributed by atoms with Crippen molar-refractivity contribution in [2.75, 3.05) is 26.4 Å². The molecule has 4 heteroatoms. The van der Waals surface area contributed by atoms with Crippen LogP contribution in [0, 0.1) is 0 Å². The van der Waals surface area contributed by atoms with Crippen LogP contribution in [0.5, 0.6) is 0 Å². The van der Waals surface area contributed by atoms with Crippen LogP contribution in [0.3, 0.4) is 0 Å². The van der Waals surface area contributed by atoms with Gasteiger partial charge in [-0.25, -0.2) is 0 Å². The topological polar surface area (TPSA) is 30.5 Å². The Bertz CT molecular complexity index is 427. The molecule has 1 heterocycles. The maximum atomic E-state index is 6.24. The zero-order chi connectivity index (χ0) is 15.1. The van der Waals surface area contributed by atoms with E-state index < -0.39 is 0 Å². The fraction of sp³-hybridized carbons (Fsp3) is 0.647. The number of benzene rings is 1. The highest BCUT2D eigenvalue weighted by atomic mass is 35.5. The quantitative estimate of drug-likeness (QED) is 0.826. The minimum absolute atomic E-state index is 0.153. The summed E-state index contributed by atoms with van der Waals surface area (Å²) in [4.78, 5) is 0. The van der Waals surface area contributed by atoms with Crippen LogP contribution < -0.4 is 5.32 Å². The Balaban J connectivity index is 2.31. The third-order valence-corrected chi connectivity index (χ3v) is 4.31. The monoisotopic (exact) mass is 311 g/mol. The van der Waals surface area contributed by atoms with Crippen molar-refractivity contribution < 1.29 is 9.47 Å². The Hall–Kier alpha value is -0.610. The summed E-state index contributed by atoms with van der Waals surface area (Å²) in [5, 5.41) is 4.44. The first-order chi connectivity index (χ1) is 10.2. The highest BCUT2D eigenvalue weighted by molar-refractivity contribution is 6.30. The predicted molar refractivity (Wildman–Crippen MR) is 86.9 cm³/mol. The van der Waals surface area contributed by atoms with Crippen LogP contribution in [-0.2, 0) is 9.47 Å². The molecule has 1 aromatic carbocycles. The Morgan fingerprint density at radius 2 is 2.10 bits per heavy atom. The molecule has 0 saturated carbocycles. The summed E-state index contributed by atoms with van der Waals surface area (Å²) in [7, 11) is 0. The molecule has 21 heavy (non-hydrogen) atoms. The van der Waals surface area contributed by atoms with Crippen LogP contribution in [0.1, 0.15) is 44.7 Å². The van der Waals surface area contributed by atoms with Crippen LogP contribution in [0.4, 0.5) is 0 Å². The second-order valence-corrected chi connectivity index (χ2v) is 5.99. The first-order valence-corrected chi connectivity index (χ1v) is 8.30. The lowest BCUT2D eigenvalue weighted by molar-refractivity contribution is -0.128. The normalized spacial score (nSPS) is 19.4. The standard InChI is InChI=1S/C17H26ClNO2/c1-3-10-19-16(14-6-5-7-15(18)13-14)17(21-4-2)8-11-20-12-9-17/h5-7,13,16,19H,3-4,8-12H2,1-2H3. The van der Waals surface area contributed by atoms with Crippen molar-refractivity contribution in [1.29, 1.82) is 0 Å². The fourth-order valence-corrected chi connectivity index (χ4v) is 3.30. The summed E-state index contributed by atoms with van der Waals surface area (Å²) in [5.41, 5.74) is 0.999. The minimum Gasteiger partial charge on any atom is -0.381 e. The lowest BCUT2D eigenvalue weighted by Crippen LogP contribution is -2.50. The van der Waals surface area contributed by atoms with Crippen molar-refractivity contribution in [1.82, 2.24) is 5.32 Å². The lowest BCUT2D eigenvalue weighted by Gasteiger charge is -2.43. The molecule has 0 aliphatic carbocycles. The number of hydrogen-bond acceptors (Lipinski definition) is 3. The molecule has 1 atom stereocenters. The molecule has 0 radical (unpaired) electrons. The first kappa shape index (κ1) is 16.8. The van der Waals surface area contributed by atoms with Gasteiger partial charge in [0.2, 0.25) is 0 Å². The largest absolute Gasteiger partial charge is 0.381 e. The molecular weight excluding hydrogens is 286 g/mol. The summed E-state index contributed by atoms with van der Waals surface area (Å²) in [6.07, 6.45) is 2.92. The molecule has 1 aliphatic heterocycles. The number of nitrogens with one attached hydrogen (secondary N) is 1. The van der Waals surface area contributed by atoms with Gasteiger partial charge in [0.15, 0.2) is 0 Å². The van der Waals surface area contributed by atoms with Crippen molar-refractivity contribution in [2.24, 2.45) is 0 Å². The summed E-state index contributed by atoms with van der Waals surface area (Å²) in [6, 6.07) is 8.26. The van der Waals surface area contributed by atoms with E-state index in [-0.39, 0.29) is 11.6 Å². The Morgan fingerprint density at radius 3 is 2.71 bits per heavy atom. The summed E-state index contributed by atoms with van der Waals surface area (Å²) in [6.45, 7) is 7.43. The highest BCUT2D eigenvalue weighted by Crippen LogP contribution is 2.38. The molecule has 3 nitrogen and oxygen atoms in total. The minimum atomic E-state index is -0.202. The van der Waals surface area contributed by atoms with E-state index in [4.69, 9.17) is 21.1 Å². The third-order valence-electron chi connectivity index (χ3n) is 4.08. The number of ether oxygens (including phenoxy) is 2. The molecule has 1 aliphatic rings. The van der Waals surface area contributed by atoms with Gasteiger partial charge in [-0.05, 0) is 37.6 Å². The molecule has 0 amide bonds. The van der Waals surface area contributed by atoms with E-state index in [0.29, 0.717) is 6.61 Å². The van der Waals surface area contributed by atoms with Gasteiger partial charge in [0.25, 0.3) is 0 Å². The Morgan fingerprint density at radius 1 is 1.33 bits per heavy atom. The molecule has 1 unspecified atom stereocenters. The van der Waals surface area contributed by atoms with Gasteiger partial charge in [-0.15, -0.1) is 0 Å². The van der Waals surface area contributed by atoms with Gasteiger partial charge in [0.1, 0.15) is 0 Å². The summed E-state index contributed by atoms with van der Waals surface area (Å²) < 4.78 is 11.8. The van der Waals surface area contributed by atoms with Crippen LogP contribution in [0.15, 0.2) is 24.3 Å². The van der Waals surface area contributed by atoms with Crippen molar-refractivity contribution in [2.45, 2.75) is 44.8 Å². The van der Waals surface area contributed by atoms with E-state index in [1.54, 1.807) is 0 Å². The number of halogens is 1. The van der Waals surface area contributed by atoms with E-state index in [0.717, 1.165) is 44.0 Å². The Labute approximate surface area is 133 Å². The average molecular weight is 312 g/mol. The molecule has 118 valence electrons. The zero-order valence-corrected chi connectivity index (χ0v) is 13.8. The van der Waals surface area contributed by atoms with Gasteiger partial charge in [0, 0.05) is 37.7 Å². The number of hydrogen-bond donors (Lipinski definition) is 1. The van der Waals surface area contributed by atoms with E-state index in [2.05, 4.69) is 25.2 Å². The lowest BCUT2D eigenvalue weighted by atomic mass is 9.82. The van der Waals surface area contributed by atoms with E-state index in [1.807, 2.05) is 18.2 Å². The van der Waals surface area contributed by atoms with Gasteiger partial charge < -0.3 is 14.8 Å². The van der Waals surface area contributed by atoms with Crippen molar-refractivity contribution in [3.05, 3.63) is 34.9 Å². The summed E-state index contributed by atoms with van der Waals surface area (Å²) in [5.74, 6) is 0. The fourth-order valence-electron chi connectivity index (χ4n) is 3.10. The van der Waals surface area contributed by atoms with Crippen molar-refractivity contribution >= 4 is 11.6 Å². The number of rotatable bonds is 7. The van der Waals surface area contributed by atoms with Gasteiger partial charge in [-0.3, -0.25) is 0 Å². The molecule has 1 N–H and O–H groups in total. The van der Waals surface area contributed by atoms with Gasteiger partial charge in [-0.1, -0.05) is 30.7 Å². The molecule has 2 rings (SSSR count). The molecule has 1 fully saturated rings. The molecule has 0 bridgehead atoms. The second kappa shape index (κ2) is 8.14. The average Bonchev–Trinajstić information content (AvgIpc) is 2.49. The van der Waals surface area contributed by atoms with Crippen LogP contribution in [0.2, 0.25) is 5.02 Å². The second-order valence-electron chi connectivity index (χ2n) is 5.55. The predicted octanol–water partition coefficient (Wildman–Crippen LogP) is 3.97. The highest BCUT2D eigenvalue weighted by Gasteiger charge is 2.41. The van der Waals surface area contributed by atoms with Gasteiger partial charge in [-0.2, -0.15) is 0 Å². The van der Waals surface area contributed by atoms with Crippen molar-refractivity contribution in [3.8, 4) is 0 Å². The zero-order valence-electron chi connectivity index (χ0n) is 13.0. The molecule has 0 aromatic heterocycles. The van der Waals surface area contributed by atoms with Crippen molar-refractivity contribution in [3.63, 3.8) is 0 Å². The smallest absolute Gasteiger partial charge is 0.0919 e.